The summed E-state index contributed by atoms with van der Waals surface area (Å²) in [5.74, 6) is -1.59. The van der Waals surface area contributed by atoms with Crippen molar-refractivity contribution in [2.45, 2.75) is 33.6 Å². The number of hydroxylamine groups is 2. The summed E-state index contributed by atoms with van der Waals surface area (Å²) < 4.78 is 1.95. The number of rotatable bonds is 4. The number of nitrogens with zero attached hydrogens (tertiary/aromatic N) is 2. The molecule has 2 amide bonds. The third-order valence-electron chi connectivity index (χ3n) is 5.40. The van der Waals surface area contributed by atoms with E-state index in [0.29, 0.717) is 22.2 Å². The second-order valence-corrected chi connectivity index (χ2v) is 7.70. The number of amides is 2. The SMILES string of the molecule is Cc1cc(C(=O)ON2C(=O)c3ccccc3C2=O)c(C)n1-c1ccc(C(C)C)cc1. The van der Waals surface area contributed by atoms with E-state index in [1.54, 1.807) is 18.2 Å². The van der Waals surface area contributed by atoms with Crippen LogP contribution in [0.2, 0.25) is 0 Å². The highest BCUT2D eigenvalue weighted by Gasteiger charge is 2.39. The third kappa shape index (κ3) is 3.10. The number of imide groups is 1. The Bertz CT molecular complexity index is 1140. The molecule has 1 aliphatic rings. The summed E-state index contributed by atoms with van der Waals surface area (Å²) in [6.45, 7) is 7.97. The molecule has 4 rings (SSSR count). The van der Waals surface area contributed by atoms with Gasteiger partial charge in [-0.05, 0) is 55.7 Å². The van der Waals surface area contributed by atoms with E-state index in [2.05, 4.69) is 26.0 Å². The second kappa shape index (κ2) is 7.30. The van der Waals surface area contributed by atoms with Crippen LogP contribution in [-0.2, 0) is 4.84 Å². The first kappa shape index (κ1) is 19.6. The van der Waals surface area contributed by atoms with Crippen LogP contribution in [0.1, 0.15) is 67.8 Å². The van der Waals surface area contributed by atoms with E-state index in [1.165, 1.54) is 17.7 Å². The quantitative estimate of drug-likeness (QED) is 0.599. The molecule has 3 aromatic rings. The number of hydrogen-bond acceptors (Lipinski definition) is 4. The maximum Gasteiger partial charge on any atom is 0.365 e. The number of carbonyl (C=O) groups is 3. The van der Waals surface area contributed by atoms with Crippen LogP contribution in [0, 0.1) is 13.8 Å². The van der Waals surface area contributed by atoms with Crippen LogP contribution in [0.5, 0.6) is 0 Å². The van der Waals surface area contributed by atoms with Crippen LogP contribution >= 0.6 is 0 Å². The lowest BCUT2D eigenvalue weighted by atomic mass is 10.0. The molecular weight excluding hydrogens is 380 g/mol. The number of carbonyl (C=O) groups excluding carboxylic acids is 3. The standard InChI is InChI=1S/C24H22N2O4/c1-14(2)17-9-11-18(12-10-17)25-15(3)13-21(16(25)4)24(29)30-26-22(27)19-7-5-6-8-20(19)23(26)28/h5-14H,1-4H3. The molecule has 2 aromatic carbocycles. The molecule has 0 spiro atoms. The van der Waals surface area contributed by atoms with Crippen LogP contribution in [0.3, 0.4) is 0 Å². The van der Waals surface area contributed by atoms with Crippen LogP contribution in [0.15, 0.2) is 54.6 Å². The van der Waals surface area contributed by atoms with Crippen molar-refractivity contribution in [2.24, 2.45) is 0 Å². The fourth-order valence-electron chi connectivity index (χ4n) is 3.76. The topological polar surface area (TPSA) is 68.6 Å². The molecular formula is C24H22N2O4. The number of benzene rings is 2. The van der Waals surface area contributed by atoms with Crippen LogP contribution in [0.4, 0.5) is 0 Å². The summed E-state index contributed by atoms with van der Waals surface area (Å²) >= 11 is 0. The Balaban J connectivity index is 1.61. The highest BCUT2D eigenvalue weighted by Crippen LogP contribution is 2.26. The Morgan fingerprint density at radius 2 is 1.47 bits per heavy atom. The Morgan fingerprint density at radius 3 is 2.00 bits per heavy atom. The van der Waals surface area contributed by atoms with Crippen molar-refractivity contribution in [2.75, 3.05) is 0 Å². The predicted molar refractivity (Wildman–Crippen MR) is 112 cm³/mol. The first-order valence-electron chi connectivity index (χ1n) is 9.79. The van der Waals surface area contributed by atoms with Gasteiger partial charge in [0, 0.05) is 17.1 Å². The van der Waals surface area contributed by atoms with E-state index in [1.807, 2.05) is 30.5 Å². The van der Waals surface area contributed by atoms with E-state index >= 15 is 0 Å². The molecule has 152 valence electrons. The first-order chi connectivity index (χ1) is 14.3. The van der Waals surface area contributed by atoms with Gasteiger partial charge in [-0.1, -0.05) is 43.2 Å². The normalized spacial score (nSPS) is 13.2. The first-order valence-corrected chi connectivity index (χ1v) is 9.79. The zero-order valence-corrected chi connectivity index (χ0v) is 17.3. The molecule has 0 fully saturated rings. The Morgan fingerprint density at radius 1 is 0.900 bits per heavy atom. The van der Waals surface area contributed by atoms with Crippen LogP contribution < -0.4 is 0 Å². The lowest BCUT2D eigenvalue weighted by Gasteiger charge is -2.14. The smallest absolute Gasteiger partial charge is 0.324 e. The minimum atomic E-state index is -0.748. The average molecular weight is 402 g/mol. The molecule has 30 heavy (non-hydrogen) atoms. The zero-order valence-electron chi connectivity index (χ0n) is 17.3. The maximum absolute atomic E-state index is 12.8. The molecule has 6 nitrogen and oxygen atoms in total. The average Bonchev–Trinajstić information content (AvgIpc) is 3.16. The highest BCUT2D eigenvalue weighted by molar-refractivity contribution is 6.21. The zero-order chi connectivity index (χ0) is 21.6. The van der Waals surface area contributed by atoms with Crippen molar-refractivity contribution in [1.29, 1.82) is 0 Å². The van der Waals surface area contributed by atoms with Crippen molar-refractivity contribution in [3.05, 3.63) is 88.2 Å². The largest absolute Gasteiger partial charge is 0.365 e. The molecule has 1 aliphatic heterocycles. The second-order valence-electron chi connectivity index (χ2n) is 7.70. The van der Waals surface area contributed by atoms with Gasteiger partial charge < -0.3 is 9.40 Å². The Hall–Kier alpha value is -3.67. The Kier molecular flexibility index (Phi) is 4.78. The van der Waals surface area contributed by atoms with Gasteiger partial charge in [0.1, 0.15) is 0 Å². The minimum absolute atomic E-state index is 0.228. The minimum Gasteiger partial charge on any atom is -0.324 e. The number of aromatic nitrogens is 1. The Labute approximate surface area is 174 Å². The molecule has 6 heteroatoms. The van der Waals surface area contributed by atoms with Gasteiger partial charge >= 0.3 is 5.97 Å². The van der Waals surface area contributed by atoms with Gasteiger partial charge in [0.15, 0.2) is 0 Å². The summed E-state index contributed by atoms with van der Waals surface area (Å²) in [7, 11) is 0. The molecule has 0 aliphatic carbocycles. The fraction of sp³-hybridized carbons (Fsp3) is 0.208. The number of hydrogen-bond donors (Lipinski definition) is 0. The van der Waals surface area contributed by atoms with E-state index in [9.17, 15) is 14.4 Å². The van der Waals surface area contributed by atoms with E-state index in [0.717, 1.165) is 11.4 Å². The highest BCUT2D eigenvalue weighted by atomic mass is 16.7. The summed E-state index contributed by atoms with van der Waals surface area (Å²) in [6, 6.07) is 16.2. The summed E-state index contributed by atoms with van der Waals surface area (Å²) in [6.07, 6.45) is 0. The van der Waals surface area contributed by atoms with Crippen molar-refractivity contribution >= 4 is 17.8 Å². The molecule has 0 radical (unpaired) electrons. The van der Waals surface area contributed by atoms with Gasteiger partial charge in [0.25, 0.3) is 11.8 Å². The molecule has 0 N–H and O–H groups in total. The van der Waals surface area contributed by atoms with Gasteiger partial charge in [-0.3, -0.25) is 9.59 Å². The van der Waals surface area contributed by atoms with E-state index in [-0.39, 0.29) is 11.1 Å². The molecule has 0 atom stereocenters. The molecule has 0 bridgehead atoms. The monoisotopic (exact) mass is 402 g/mol. The fourth-order valence-corrected chi connectivity index (χ4v) is 3.76. The van der Waals surface area contributed by atoms with Gasteiger partial charge in [-0.2, -0.15) is 0 Å². The molecule has 2 heterocycles. The molecule has 0 unspecified atom stereocenters. The van der Waals surface area contributed by atoms with Crippen LogP contribution in [0.25, 0.3) is 5.69 Å². The van der Waals surface area contributed by atoms with E-state index in [4.69, 9.17) is 4.84 Å². The van der Waals surface area contributed by atoms with Crippen LogP contribution in [-0.4, -0.2) is 27.4 Å². The molecule has 1 aromatic heterocycles. The van der Waals surface area contributed by atoms with Crippen molar-refractivity contribution in [3.63, 3.8) is 0 Å². The maximum atomic E-state index is 12.8. The lowest BCUT2D eigenvalue weighted by molar-refractivity contribution is -0.0585. The summed E-state index contributed by atoms with van der Waals surface area (Å²) in [5.41, 5.74) is 4.43. The van der Waals surface area contributed by atoms with Crippen molar-refractivity contribution in [3.8, 4) is 5.69 Å². The van der Waals surface area contributed by atoms with Gasteiger partial charge in [0.05, 0.1) is 16.7 Å². The molecule has 0 saturated heterocycles. The van der Waals surface area contributed by atoms with Crippen molar-refractivity contribution in [1.82, 2.24) is 9.63 Å². The lowest BCUT2D eigenvalue weighted by Crippen LogP contribution is -2.32. The summed E-state index contributed by atoms with van der Waals surface area (Å²) in [5, 5.41) is 0.538. The molecule has 0 saturated carbocycles. The number of aryl methyl sites for hydroxylation is 1. The van der Waals surface area contributed by atoms with Gasteiger partial charge in [-0.15, -0.1) is 0 Å². The summed E-state index contributed by atoms with van der Waals surface area (Å²) in [4.78, 5) is 43.0. The van der Waals surface area contributed by atoms with Crippen molar-refractivity contribution < 1.29 is 19.2 Å². The van der Waals surface area contributed by atoms with E-state index < -0.39 is 17.8 Å². The van der Waals surface area contributed by atoms with Gasteiger partial charge in [0.2, 0.25) is 0 Å². The third-order valence-corrected chi connectivity index (χ3v) is 5.40. The number of fused-ring (bicyclic) bond motifs is 1. The van der Waals surface area contributed by atoms with Gasteiger partial charge in [-0.25, -0.2) is 4.79 Å². The predicted octanol–water partition coefficient (Wildman–Crippen LogP) is 4.59.